The van der Waals surface area contributed by atoms with Gasteiger partial charge in [-0.25, -0.2) is 9.67 Å². The lowest BCUT2D eigenvalue weighted by Gasteiger charge is -2.08. The molecule has 0 spiro atoms. The Morgan fingerprint density at radius 1 is 1.19 bits per heavy atom. The van der Waals surface area contributed by atoms with Crippen molar-refractivity contribution in [3.05, 3.63) is 85.6 Å². The second-order valence-electron chi connectivity index (χ2n) is 6.75. The number of hydrogen-bond acceptors (Lipinski definition) is 8. The van der Waals surface area contributed by atoms with Crippen molar-refractivity contribution in [1.82, 2.24) is 20.1 Å². The quantitative estimate of drug-likeness (QED) is 0.327. The van der Waals surface area contributed by atoms with Gasteiger partial charge in [-0.2, -0.15) is 5.10 Å². The molecule has 0 saturated heterocycles. The highest BCUT2D eigenvalue weighted by Crippen LogP contribution is 2.35. The topological polar surface area (TPSA) is 120 Å². The van der Waals surface area contributed by atoms with Crippen molar-refractivity contribution in [3.63, 3.8) is 0 Å². The predicted octanol–water partition coefficient (Wildman–Crippen LogP) is 3.74. The number of aryl methyl sites for hydroxylation is 1. The zero-order chi connectivity index (χ0) is 22.7. The molecule has 1 N–H and O–H groups in total. The number of nitro benzene ring substituents is 1. The van der Waals surface area contributed by atoms with Crippen LogP contribution in [0.5, 0.6) is 0 Å². The van der Waals surface area contributed by atoms with Crippen LogP contribution < -0.4 is 10.9 Å². The first-order valence-electron chi connectivity index (χ1n) is 9.55. The van der Waals surface area contributed by atoms with Crippen molar-refractivity contribution in [2.24, 2.45) is 0 Å². The molecule has 32 heavy (non-hydrogen) atoms. The van der Waals surface area contributed by atoms with Gasteiger partial charge in [0.05, 0.1) is 26.9 Å². The third kappa shape index (κ3) is 4.63. The van der Waals surface area contributed by atoms with Gasteiger partial charge in [0.15, 0.2) is 0 Å². The Morgan fingerprint density at radius 2 is 1.97 bits per heavy atom. The van der Waals surface area contributed by atoms with Crippen molar-refractivity contribution in [2.45, 2.75) is 13.5 Å². The first-order valence-corrected chi connectivity index (χ1v) is 11.2. The van der Waals surface area contributed by atoms with Crippen LogP contribution in [0.1, 0.15) is 16.1 Å². The molecule has 0 atom stereocenters. The second-order valence-corrected chi connectivity index (χ2v) is 8.70. The number of nitrogens with zero attached hydrogens (tertiary/aromatic N) is 4. The van der Waals surface area contributed by atoms with E-state index in [4.69, 9.17) is 0 Å². The number of benzene rings is 1. The fraction of sp³-hybridized carbons (Fsp3) is 0.143. The molecule has 0 fully saturated rings. The van der Waals surface area contributed by atoms with Gasteiger partial charge in [0.2, 0.25) is 0 Å². The molecule has 0 saturated carbocycles. The summed E-state index contributed by atoms with van der Waals surface area (Å²) in [6.45, 7) is 2.26. The maximum atomic E-state index is 12.3. The van der Waals surface area contributed by atoms with E-state index in [2.05, 4.69) is 15.4 Å². The van der Waals surface area contributed by atoms with Crippen LogP contribution in [0.25, 0.3) is 20.5 Å². The van der Waals surface area contributed by atoms with Gasteiger partial charge in [0.1, 0.15) is 10.7 Å². The Kier molecular flexibility index (Phi) is 6.19. The molecule has 3 heterocycles. The van der Waals surface area contributed by atoms with Gasteiger partial charge in [-0.1, -0.05) is 6.07 Å². The number of thiophene rings is 1. The van der Waals surface area contributed by atoms with E-state index in [9.17, 15) is 19.7 Å². The van der Waals surface area contributed by atoms with Crippen molar-refractivity contribution >= 4 is 34.3 Å². The van der Waals surface area contributed by atoms with Crippen LogP contribution in [-0.4, -0.2) is 32.1 Å². The van der Waals surface area contributed by atoms with E-state index in [-0.39, 0.29) is 30.2 Å². The monoisotopic (exact) mass is 467 g/mol. The van der Waals surface area contributed by atoms with Crippen molar-refractivity contribution < 1.29 is 9.72 Å². The smallest absolute Gasteiger partial charge is 0.269 e. The first-order chi connectivity index (χ1) is 15.4. The third-order valence-electron chi connectivity index (χ3n) is 4.58. The van der Waals surface area contributed by atoms with Crippen molar-refractivity contribution in [2.75, 3.05) is 6.54 Å². The molecule has 4 rings (SSSR count). The lowest BCUT2D eigenvalue weighted by atomic mass is 10.2. The molecule has 9 nitrogen and oxygen atoms in total. The number of amides is 1. The lowest BCUT2D eigenvalue weighted by molar-refractivity contribution is -0.384. The zero-order valence-electron chi connectivity index (χ0n) is 16.8. The highest BCUT2D eigenvalue weighted by atomic mass is 32.1. The molecule has 4 aromatic rings. The standard InChI is InChI=1S/C21H17N5O4S2/c1-13-19(32-21(23-13)17-3-2-12-31-17)16-8-9-18(27)25(24-16)11-10-22-20(28)14-4-6-15(7-5-14)26(29)30/h2-9,12H,10-11H2,1H3,(H,22,28). The fourth-order valence-corrected chi connectivity index (χ4v) is 4.81. The molecule has 11 heteroatoms. The summed E-state index contributed by atoms with van der Waals surface area (Å²) in [5.41, 5.74) is 1.41. The molecule has 162 valence electrons. The van der Waals surface area contributed by atoms with Gasteiger partial charge in [0.25, 0.3) is 17.2 Å². The zero-order valence-corrected chi connectivity index (χ0v) is 18.5. The molecular formula is C21H17N5O4S2. The summed E-state index contributed by atoms with van der Waals surface area (Å²) in [6, 6.07) is 12.4. The van der Waals surface area contributed by atoms with Gasteiger partial charge in [-0.3, -0.25) is 19.7 Å². The van der Waals surface area contributed by atoms with E-state index in [1.54, 1.807) is 17.4 Å². The Hall–Kier alpha value is -3.70. The highest BCUT2D eigenvalue weighted by molar-refractivity contribution is 7.23. The van der Waals surface area contributed by atoms with Crippen LogP contribution in [0, 0.1) is 17.0 Å². The Labute approximate surface area is 190 Å². The van der Waals surface area contributed by atoms with Gasteiger partial charge in [0, 0.05) is 30.3 Å². The Bertz CT molecular complexity index is 1330. The fourth-order valence-electron chi connectivity index (χ4n) is 2.98. The molecule has 1 aromatic carbocycles. The maximum absolute atomic E-state index is 12.3. The van der Waals surface area contributed by atoms with Gasteiger partial charge in [-0.15, -0.1) is 22.7 Å². The SMILES string of the molecule is Cc1nc(-c2cccs2)sc1-c1ccc(=O)n(CCNC(=O)c2ccc([N+](=O)[O-])cc2)n1. The Balaban J connectivity index is 1.45. The molecule has 3 aromatic heterocycles. The van der Waals surface area contributed by atoms with E-state index in [1.807, 2.05) is 24.4 Å². The van der Waals surface area contributed by atoms with E-state index in [0.717, 1.165) is 20.5 Å². The summed E-state index contributed by atoms with van der Waals surface area (Å²) in [5, 5.41) is 20.8. The molecule has 0 aliphatic rings. The van der Waals surface area contributed by atoms with Crippen molar-refractivity contribution in [1.29, 1.82) is 0 Å². The normalized spacial score (nSPS) is 10.8. The van der Waals surface area contributed by atoms with Crippen molar-refractivity contribution in [3.8, 4) is 20.5 Å². The summed E-state index contributed by atoms with van der Waals surface area (Å²) in [5.74, 6) is -0.386. The third-order valence-corrected chi connectivity index (χ3v) is 6.80. The van der Waals surface area contributed by atoms with Crippen LogP contribution in [0.2, 0.25) is 0 Å². The highest BCUT2D eigenvalue weighted by Gasteiger charge is 2.14. The molecular weight excluding hydrogens is 450 g/mol. The average molecular weight is 468 g/mol. The van der Waals surface area contributed by atoms with Crippen LogP contribution in [0.4, 0.5) is 5.69 Å². The predicted molar refractivity (Wildman–Crippen MR) is 123 cm³/mol. The molecule has 0 bridgehead atoms. The summed E-state index contributed by atoms with van der Waals surface area (Å²) in [4.78, 5) is 41.3. The van der Waals surface area contributed by atoms with Crippen LogP contribution in [-0.2, 0) is 6.54 Å². The second kappa shape index (κ2) is 9.20. The number of nitro groups is 1. The molecule has 0 aliphatic heterocycles. The first kappa shape index (κ1) is 21.5. The van der Waals surface area contributed by atoms with Gasteiger partial charge < -0.3 is 5.32 Å². The minimum atomic E-state index is -0.527. The molecule has 0 radical (unpaired) electrons. The minimum absolute atomic E-state index is 0.0882. The summed E-state index contributed by atoms with van der Waals surface area (Å²) in [7, 11) is 0. The van der Waals surface area contributed by atoms with Crippen LogP contribution in [0.15, 0.2) is 58.7 Å². The van der Waals surface area contributed by atoms with E-state index < -0.39 is 4.92 Å². The number of thiazole rings is 1. The van der Waals surface area contributed by atoms with Gasteiger partial charge >= 0.3 is 0 Å². The number of non-ortho nitro benzene ring substituents is 1. The number of carbonyl (C=O) groups excluding carboxylic acids is 1. The number of nitrogens with one attached hydrogen (secondary N) is 1. The van der Waals surface area contributed by atoms with Crippen LogP contribution in [0.3, 0.4) is 0 Å². The van der Waals surface area contributed by atoms with Crippen LogP contribution >= 0.6 is 22.7 Å². The van der Waals surface area contributed by atoms with Gasteiger partial charge in [-0.05, 0) is 36.6 Å². The van der Waals surface area contributed by atoms with E-state index >= 15 is 0 Å². The molecule has 1 amide bonds. The summed E-state index contributed by atoms with van der Waals surface area (Å²) in [6.07, 6.45) is 0. The largest absolute Gasteiger partial charge is 0.350 e. The average Bonchev–Trinajstić information content (AvgIpc) is 3.45. The lowest BCUT2D eigenvalue weighted by Crippen LogP contribution is -2.31. The minimum Gasteiger partial charge on any atom is -0.350 e. The summed E-state index contributed by atoms with van der Waals surface area (Å²) < 4.78 is 1.30. The number of aromatic nitrogens is 3. The Morgan fingerprint density at radius 3 is 2.66 bits per heavy atom. The number of rotatable bonds is 7. The maximum Gasteiger partial charge on any atom is 0.269 e. The molecule has 0 unspecified atom stereocenters. The molecule has 0 aliphatic carbocycles. The number of carbonyl (C=O) groups is 1. The van der Waals surface area contributed by atoms with E-state index in [1.165, 1.54) is 46.4 Å². The van der Waals surface area contributed by atoms with E-state index in [0.29, 0.717) is 11.3 Å². The number of hydrogen-bond donors (Lipinski definition) is 1. The summed E-state index contributed by atoms with van der Waals surface area (Å²) >= 11 is 3.13.